The number of hydrogen-bond donors (Lipinski definition) is 1. The highest BCUT2D eigenvalue weighted by atomic mass is 79.9. The Balaban J connectivity index is 1.90. The van der Waals surface area contributed by atoms with E-state index in [4.69, 9.17) is 0 Å². The number of aliphatic hydroxyl groups excluding tert-OH is 1. The zero-order valence-corrected chi connectivity index (χ0v) is 13.5. The Morgan fingerprint density at radius 2 is 1.84 bits per heavy atom. The summed E-state index contributed by atoms with van der Waals surface area (Å²) in [6.45, 7) is 0. The third-order valence-corrected chi connectivity index (χ3v) is 5.29. The molecule has 0 spiro atoms. The van der Waals surface area contributed by atoms with Gasteiger partial charge < -0.3 is 10.0 Å². The van der Waals surface area contributed by atoms with Crippen molar-refractivity contribution in [3.63, 3.8) is 0 Å². The van der Waals surface area contributed by atoms with E-state index < -0.39 is 0 Å². The highest BCUT2D eigenvalue weighted by Gasteiger charge is 2.43. The van der Waals surface area contributed by atoms with Crippen LogP contribution >= 0.6 is 31.9 Å². The molecule has 1 amide bonds. The lowest BCUT2D eigenvalue weighted by Gasteiger charge is -2.37. The van der Waals surface area contributed by atoms with E-state index in [1.54, 1.807) is 0 Å². The van der Waals surface area contributed by atoms with Crippen molar-refractivity contribution in [2.45, 2.75) is 43.9 Å². The topological polar surface area (TPSA) is 40.5 Å². The molecule has 102 valence electrons. The molecule has 2 unspecified atom stereocenters. The minimum atomic E-state index is -0.243. The first-order valence-corrected chi connectivity index (χ1v) is 8.10. The fraction of sp³-hybridized carbons (Fsp3) is 0.500. The molecule has 5 heteroatoms. The molecule has 0 saturated carbocycles. The van der Waals surface area contributed by atoms with E-state index in [1.165, 1.54) is 0 Å². The van der Waals surface area contributed by atoms with Crippen molar-refractivity contribution in [3.05, 3.63) is 32.7 Å². The normalized spacial score (nSPS) is 29.6. The summed E-state index contributed by atoms with van der Waals surface area (Å²) in [5, 5.41) is 9.80. The smallest absolute Gasteiger partial charge is 0.255 e. The Morgan fingerprint density at radius 3 is 2.47 bits per heavy atom. The Morgan fingerprint density at radius 1 is 1.21 bits per heavy atom. The number of carbonyl (C=O) groups is 1. The number of hydrogen-bond acceptors (Lipinski definition) is 2. The van der Waals surface area contributed by atoms with Crippen molar-refractivity contribution in [1.82, 2.24) is 4.90 Å². The number of aliphatic hydroxyl groups is 1. The predicted octanol–water partition coefficient (Wildman–Crippen LogP) is 3.34. The third kappa shape index (κ3) is 2.48. The van der Waals surface area contributed by atoms with E-state index in [-0.39, 0.29) is 24.1 Å². The zero-order chi connectivity index (χ0) is 13.6. The molecular weight excluding hydrogens is 374 g/mol. The molecule has 0 radical (unpaired) electrons. The molecule has 3 nitrogen and oxygen atoms in total. The van der Waals surface area contributed by atoms with Gasteiger partial charge in [0.15, 0.2) is 0 Å². The lowest BCUT2D eigenvalue weighted by Crippen LogP contribution is -2.48. The van der Waals surface area contributed by atoms with Gasteiger partial charge in [0.1, 0.15) is 0 Å². The third-order valence-electron chi connectivity index (χ3n) is 4.10. The van der Waals surface area contributed by atoms with Crippen LogP contribution in [0.4, 0.5) is 0 Å². The van der Waals surface area contributed by atoms with Gasteiger partial charge in [-0.05, 0) is 59.8 Å². The molecule has 1 N–H and O–H groups in total. The van der Waals surface area contributed by atoms with Crippen LogP contribution in [0.25, 0.3) is 0 Å². The maximum atomic E-state index is 12.7. The first-order valence-electron chi connectivity index (χ1n) is 6.52. The van der Waals surface area contributed by atoms with Gasteiger partial charge in [0.05, 0.1) is 11.7 Å². The van der Waals surface area contributed by atoms with Crippen LogP contribution in [-0.2, 0) is 0 Å². The van der Waals surface area contributed by atoms with Crippen LogP contribution in [0.5, 0.6) is 0 Å². The fourth-order valence-electron chi connectivity index (χ4n) is 3.28. The number of benzene rings is 1. The zero-order valence-electron chi connectivity index (χ0n) is 10.4. The summed E-state index contributed by atoms with van der Waals surface area (Å²) < 4.78 is 1.73. The van der Waals surface area contributed by atoms with Crippen LogP contribution in [0.15, 0.2) is 27.1 Å². The molecule has 3 rings (SSSR count). The number of piperidine rings is 1. The molecule has 2 atom stereocenters. The van der Waals surface area contributed by atoms with E-state index >= 15 is 0 Å². The molecule has 19 heavy (non-hydrogen) atoms. The first kappa shape index (κ1) is 13.6. The predicted molar refractivity (Wildman–Crippen MR) is 80.1 cm³/mol. The second-order valence-corrected chi connectivity index (χ2v) is 7.12. The highest BCUT2D eigenvalue weighted by Crippen LogP contribution is 2.37. The monoisotopic (exact) mass is 387 g/mol. The van der Waals surface area contributed by atoms with Crippen molar-refractivity contribution in [3.8, 4) is 0 Å². The summed E-state index contributed by atoms with van der Waals surface area (Å²) in [7, 11) is 0. The molecule has 0 aromatic heterocycles. The number of amides is 1. The lowest BCUT2D eigenvalue weighted by molar-refractivity contribution is 0.0286. The summed E-state index contributed by atoms with van der Waals surface area (Å²) in [6, 6.07) is 6.06. The molecule has 2 heterocycles. The summed E-state index contributed by atoms with van der Waals surface area (Å²) in [4.78, 5) is 14.7. The molecule has 1 aromatic rings. The standard InChI is InChI=1S/C14H15Br2NO2/c15-8-1-4-13(16)12(5-8)14(19)17-9-2-3-10(17)7-11(18)6-9/h1,4-5,9-11,18H,2-3,6-7H2. The van der Waals surface area contributed by atoms with Crippen molar-refractivity contribution in [1.29, 1.82) is 0 Å². The van der Waals surface area contributed by atoms with Gasteiger partial charge in [0.2, 0.25) is 0 Å². The highest BCUT2D eigenvalue weighted by molar-refractivity contribution is 9.11. The van der Waals surface area contributed by atoms with Crippen molar-refractivity contribution in [2.24, 2.45) is 0 Å². The quantitative estimate of drug-likeness (QED) is 0.801. The molecule has 1 aromatic carbocycles. The van der Waals surface area contributed by atoms with Gasteiger partial charge in [-0.25, -0.2) is 0 Å². The van der Waals surface area contributed by atoms with Crippen LogP contribution in [0.3, 0.4) is 0 Å². The lowest BCUT2D eigenvalue weighted by atomic mass is 9.99. The molecule has 2 aliphatic heterocycles. The SMILES string of the molecule is O=C(c1cc(Br)ccc1Br)N1C2CCC1CC(O)C2. The number of nitrogens with zero attached hydrogens (tertiary/aromatic N) is 1. The van der Waals surface area contributed by atoms with Gasteiger partial charge in [-0.1, -0.05) is 15.9 Å². The Bertz CT molecular complexity index is 506. The van der Waals surface area contributed by atoms with Gasteiger partial charge in [0, 0.05) is 21.0 Å². The first-order chi connectivity index (χ1) is 9.06. The van der Waals surface area contributed by atoms with Crippen LogP contribution in [-0.4, -0.2) is 34.1 Å². The van der Waals surface area contributed by atoms with Gasteiger partial charge in [0.25, 0.3) is 5.91 Å². The number of carbonyl (C=O) groups excluding carboxylic acids is 1. The van der Waals surface area contributed by atoms with Crippen molar-refractivity contribution >= 4 is 37.8 Å². The van der Waals surface area contributed by atoms with Crippen molar-refractivity contribution in [2.75, 3.05) is 0 Å². The Kier molecular flexibility index (Phi) is 3.71. The summed E-state index contributed by atoms with van der Waals surface area (Å²) in [6.07, 6.45) is 3.22. The average Bonchev–Trinajstić information content (AvgIpc) is 2.64. The summed E-state index contributed by atoms with van der Waals surface area (Å²) in [5.74, 6) is 0.0765. The Labute approximate surface area is 129 Å². The van der Waals surface area contributed by atoms with E-state index in [1.807, 2.05) is 23.1 Å². The van der Waals surface area contributed by atoms with Crippen molar-refractivity contribution < 1.29 is 9.90 Å². The molecule has 2 fully saturated rings. The maximum Gasteiger partial charge on any atom is 0.255 e. The van der Waals surface area contributed by atoms with Gasteiger partial charge >= 0.3 is 0 Å². The second kappa shape index (κ2) is 5.19. The van der Waals surface area contributed by atoms with E-state index in [2.05, 4.69) is 31.9 Å². The maximum absolute atomic E-state index is 12.7. The van der Waals surface area contributed by atoms with Crippen LogP contribution < -0.4 is 0 Å². The molecular formula is C14H15Br2NO2. The van der Waals surface area contributed by atoms with Crippen LogP contribution in [0, 0.1) is 0 Å². The summed E-state index contributed by atoms with van der Waals surface area (Å²) >= 11 is 6.86. The number of halogens is 2. The summed E-state index contributed by atoms with van der Waals surface area (Å²) in [5.41, 5.74) is 0.697. The average molecular weight is 389 g/mol. The number of fused-ring (bicyclic) bond motifs is 2. The largest absolute Gasteiger partial charge is 0.393 e. The molecule has 2 aliphatic rings. The minimum absolute atomic E-state index is 0.0765. The van der Waals surface area contributed by atoms with E-state index in [0.717, 1.165) is 21.8 Å². The Hall–Kier alpha value is -0.390. The molecule has 2 bridgehead atoms. The van der Waals surface area contributed by atoms with E-state index in [9.17, 15) is 9.90 Å². The van der Waals surface area contributed by atoms with Gasteiger partial charge in [-0.2, -0.15) is 0 Å². The van der Waals surface area contributed by atoms with E-state index in [0.29, 0.717) is 18.4 Å². The van der Waals surface area contributed by atoms with Gasteiger partial charge in [-0.3, -0.25) is 4.79 Å². The van der Waals surface area contributed by atoms with Gasteiger partial charge in [-0.15, -0.1) is 0 Å². The number of rotatable bonds is 1. The fourth-order valence-corrected chi connectivity index (χ4v) is 4.06. The molecule has 2 saturated heterocycles. The molecule has 0 aliphatic carbocycles. The minimum Gasteiger partial charge on any atom is -0.393 e. The van der Waals surface area contributed by atoms with Crippen LogP contribution in [0.2, 0.25) is 0 Å². The second-order valence-electron chi connectivity index (χ2n) is 5.35. The van der Waals surface area contributed by atoms with Crippen LogP contribution in [0.1, 0.15) is 36.0 Å².